The summed E-state index contributed by atoms with van der Waals surface area (Å²) in [5.41, 5.74) is 5.80. The summed E-state index contributed by atoms with van der Waals surface area (Å²) in [5, 5.41) is 1.83. The molecule has 170 valence electrons. The van der Waals surface area contributed by atoms with Crippen LogP contribution in [0.15, 0.2) is 38.8 Å². The maximum absolute atomic E-state index is 6.89. The second-order valence-corrected chi connectivity index (χ2v) is 19.5. The predicted octanol–water partition coefficient (Wildman–Crippen LogP) is 7.94. The molecule has 5 heteroatoms. The van der Waals surface area contributed by atoms with Crippen molar-refractivity contribution in [2.24, 2.45) is 5.92 Å². The van der Waals surface area contributed by atoms with Gasteiger partial charge < -0.3 is 0 Å². The fourth-order valence-electron chi connectivity index (χ4n) is 3.88. The molecule has 0 aliphatic heterocycles. The molecule has 0 fully saturated rings. The molecule has 30 heavy (non-hydrogen) atoms. The average molecular weight is 505 g/mol. The Bertz CT molecular complexity index is 885. The Morgan fingerprint density at radius 3 is 1.87 bits per heavy atom. The Balaban J connectivity index is 0.00000420. The van der Waals surface area contributed by atoms with Crippen molar-refractivity contribution in [1.29, 1.82) is 0 Å². The van der Waals surface area contributed by atoms with Crippen molar-refractivity contribution < 1.29 is 21.1 Å². The van der Waals surface area contributed by atoms with E-state index in [1.807, 2.05) is 0 Å². The van der Waals surface area contributed by atoms with Crippen LogP contribution in [0.5, 0.6) is 5.75 Å². The molecule has 0 radical (unpaired) electrons. The molecule has 0 N–H and O–H groups in total. The van der Waals surface area contributed by atoms with E-state index < -0.39 is 25.9 Å². The Morgan fingerprint density at radius 1 is 0.933 bits per heavy atom. The van der Waals surface area contributed by atoms with Crippen LogP contribution in [0.1, 0.15) is 67.9 Å². The van der Waals surface area contributed by atoms with Crippen LogP contribution in [-0.4, -0.2) is 11.9 Å². The first-order chi connectivity index (χ1) is 12.7. The summed E-state index contributed by atoms with van der Waals surface area (Å²) >= 11 is -1.98. The van der Waals surface area contributed by atoms with E-state index in [9.17, 15) is 0 Å². The van der Waals surface area contributed by atoms with E-state index in [2.05, 4.69) is 101 Å². The van der Waals surface area contributed by atoms with Gasteiger partial charge in [-0.3, -0.25) is 0 Å². The van der Waals surface area contributed by atoms with Gasteiger partial charge in [-0.1, -0.05) is 0 Å². The van der Waals surface area contributed by atoms with Crippen molar-refractivity contribution in [1.82, 2.24) is 0 Å². The first-order valence-electron chi connectivity index (χ1n) is 10.5. The first kappa shape index (κ1) is 29.9. The predicted molar refractivity (Wildman–Crippen MR) is 140 cm³/mol. The first-order valence-corrected chi connectivity index (χ1v) is 15.7. The Kier molecular flexibility index (Phi) is 10.6. The third-order valence-electron chi connectivity index (χ3n) is 7.21. The van der Waals surface area contributed by atoms with E-state index in [4.69, 9.17) is 3.32 Å². The number of rotatable bonds is 4. The summed E-state index contributed by atoms with van der Waals surface area (Å²) in [5.74, 6) is 1.61. The van der Waals surface area contributed by atoms with E-state index in [0.717, 1.165) is 5.75 Å². The van der Waals surface area contributed by atoms with Crippen LogP contribution < -0.4 is 8.51 Å². The van der Waals surface area contributed by atoms with Gasteiger partial charge in [0.1, 0.15) is 0 Å². The minimum atomic E-state index is -1.98. The van der Waals surface area contributed by atoms with Gasteiger partial charge in [-0.2, -0.15) is 0 Å². The van der Waals surface area contributed by atoms with E-state index in [1.54, 1.807) is 3.88 Å². The SMILES string of the molecule is CC1=C(C)C(C)[C]([Ti]([O]c2cc(C)cc([Si](C)(C)C(C)(C)C)c2)=[C](C)C)=C1C.Cl.Cl. The molecule has 0 heterocycles. The third-order valence-corrected chi connectivity index (χ3v) is 16.8. The normalized spacial score (nSPS) is 16.9. The summed E-state index contributed by atoms with van der Waals surface area (Å²) in [6, 6.07) is 7.00. The molecule has 0 aromatic heterocycles. The zero-order chi connectivity index (χ0) is 21.6. The Hall–Kier alpha value is -0.119. The van der Waals surface area contributed by atoms with E-state index in [0.29, 0.717) is 11.0 Å². The summed E-state index contributed by atoms with van der Waals surface area (Å²) in [7, 11) is -1.59. The van der Waals surface area contributed by atoms with Crippen molar-refractivity contribution in [2.75, 3.05) is 0 Å². The summed E-state index contributed by atoms with van der Waals surface area (Å²) in [4.78, 5) is 0. The maximum atomic E-state index is 6.89. The van der Waals surface area contributed by atoms with E-state index in [-0.39, 0.29) is 24.8 Å². The van der Waals surface area contributed by atoms with Gasteiger partial charge in [0.05, 0.1) is 0 Å². The standard InChI is InChI=1S/C13H22OSi.C9H13.C3H6.2ClH.Ti/c1-10-7-11(14)9-12(8-10)15(5,6)13(2,3)4;1-6-5-7(2)9(4)8(6)3;1-3-2;;;/h7-9,14H,1-6H3;6H,1-4H3;1-2H3;2*1H;/q;;;;;+1/p-1. The number of hydrogen-bond donors (Lipinski definition) is 0. The summed E-state index contributed by atoms with van der Waals surface area (Å²) in [6.07, 6.45) is 0. The van der Waals surface area contributed by atoms with Gasteiger partial charge in [-0.05, 0) is 0 Å². The molecule has 1 atom stereocenters. The van der Waals surface area contributed by atoms with Crippen LogP contribution in [0.4, 0.5) is 0 Å². The van der Waals surface area contributed by atoms with Crippen LogP contribution >= 0.6 is 24.8 Å². The fourth-order valence-corrected chi connectivity index (χ4v) is 9.49. The minimum Gasteiger partial charge on any atom is -0.147 e. The molecule has 2 rings (SSSR count). The quantitative estimate of drug-likeness (QED) is 0.378. The number of allylic oxidation sites excluding steroid dienone is 4. The second-order valence-electron chi connectivity index (χ2n) is 10.4. The van der Waals surface area contributed by atoms with Gasteiger partial charge in [0.25, 0.3) is 0 Å². The van der Waals surface area contributed by atoms with Gasteiger partial charge in [0, 0.05) is 0 Å². The zero-order valence-electron chi connectivity index (χ0n) is 21.0. The van der Waals surface area contributed by atoms with Crippen LogP contribution in [0.2, 0.25) is 18.1 Å². The molecule has 0 spiro atoms. The molecular weight excluding hydrogens is 463 g/mol. The van der Waals surface area contributed by atoms with Crippen molar-refractivity contribution in [3.63, 3.8) is 0 Å². The number of aryl methyl sites for hydroxylation is 1. The molecule has 1 aliphatic rings. The van der Waals surface area contributed by atoms with Gasteiger partial charge in [-0.25, -0.2) is 0 Å². The van der Waals surface area contributed by atoms with Crippen molar-refractivity contribution >= 4 is 41.9 Å². The fraction of sp³-hybridized carbons (Fsp3) is 0.560. The summed E-state index contributed by atoms with van der Waals surface area (Å²) < 4.78 is 9.98. The number of halogens is 2. The topological polar surface area (TPSA) is 9.23 Å². The largest absolute Gasteiger partial charge is 0.147 e. The van der Waals surface area contributed by atoms with E-state index >= 15 is 0 Å². The smallest absolute Gasteiger partial charge is 0.147 e. The zero-order valence-corrected chi connectivity index (χ0v) is 25.2. The molecule has 1 aromatic rings. The average Bonchev–Trinajstić information content (AvgIpc) is 2.75. The van der Waals surface area contributed by atoms with Crippen molar-refractivity contribution in [3.05, 3.63) is 44.4 Å². The molecule has 1 nitrogen and oxygen atoms in total. The van der Waals surface area contributed by atoms with Gasteiger partial charge in [-0.15, -0.1) is 24.8 Å². The molecule has 0 saturated carbocycles. The Labute approximate surface area is 205 Å². The molecule has 1 unspecified atom stereocenters. The van der Waals surface area contributed by atoms with Crippen LogP contribution in [0, 0.1) is 12.8 Å². The van der Waals surface area contributed by atoms with Gasteiger partial charge in [0.2, 0.25) is 0 Å². The molecular formula is C25H42Cl2OSiTi. The number of hydrogen-bond acceptors (Lipinski definition) is 1. The van der Waals surface area contributed by atoms with Gasteiger partial charge >= 0.3 is 182 Å². The van der Waals surface area contributed by atoms with Gasteiger partial charge in [0.15, 0.2) is 0 Å². The second kappa shape index (κ2) is 10.7. The Morgan fingerprint density at radius 2 is 1.47 bits per heavy atom. The third kappa shape index (κ3) is 5.81. The molecule has 1 aliphatic carbocycles. The van der Waals surface area contributed by atoms with Crippen LogP contribution in [-0.2, 0) is 17.8 Å². The van der Waals surface area contributed by atoms with Crippen LogP contribution in [0.25, 0.3) is 0 Å². The summed E-state index contributed by atoms with van der Waals surface area (Å²) in [6.45, 7) is 28.1. The van der Waals surface area contributed by atoms with Crippen molar-refractivity contribution in [2.45, 2.75) is 87.4 Å². The molecule has 0 amide bonds. The van der Waals surface area contributed by atoms with Crippen molar-refractivity contribution in [3.8, 4) is 5.75 Å². The molecule has 0 bridgehead atoms. The number of benzene rings is 1. The minimum absolute atomic E-state index is 0. The van der Waals surface area contributed by atoms with Crippen LogP contribution in [0.3, 0.4) is 0 Å². The molecule has 0 saturated heterocycles. The monoisotopic (exact) mass is 504 g/mol. The molecule has 1 aromatic carbocycles. The van der Waals surface area contributed by atoms with E-state index in [1.165, 1.54) is 31.3 Å². The maximum Gasteiger partial charge on any atom is -0.147 e.